The van der Waals surface area contributed by atoms with Crippen LogP contribution in [-0.4, -0.2) is 81.2 Å². The molecule has 6 heteroatoms. The Hall–Kier alpha value is 0.0700. The van der Waals surface area contributed by atoms with Gasteiger partial charge >= 0.3 is 7.60 Å². The molecule has 0 radical (unpaired) electrons. The van der Waals surface area contributed by atoms with Gasteiger partial charge < -0.3 is 18.0 Å². The highest BCUT2D eigenvalue weighted by molar-refractivity contribution is 7.55. The molecule has 0 bridgehead atoms. The van der Waals surface area contributed by atoms with E-state index in [9.17, 15) is 4.57 Å². The van der Waals surface area contributed by atoms with Crippen LogP contribution in [0, 0.1) is 0 Å². The normalized spacial score (nSPS) is 16.2. The van der Waals surface area contributed by atoms with Crippen molar-refractivity contribution in [3.05, 3.63) is 0 Å². The van der Waals surface area contributed by atoms with Gasteiger partial charge in [0.15, 0.2) is 0 Å². The maximum atomic E-state index is 13.4. The van der Waals surface area contributed by atoms with E-state index in [1.54, 1.807) is 0 Å². The van der Waals surface area contributed by atoms with Crippen molar-refractivity contribution in [3.8, 4) is 0 Å². The van der Waals surface area contributed by atoms with Gasteiger partial charge in [0, 0.05) is 0 Å². The molecular formula is C18H43N2O3P+2. The van der Waals surface area contributed by atoms with Crippen molar-refractivity contribution in [1.82, 2.24) is 0 Å². The summed E-state index contributed by atoms with van der Waals surface area (Å²) in [6.45, 7) is 18.5. The average Bonchev–Trinajstić information content (AvgIpc) is 2.50. The number of likely N-dealkylation sites (N-methyl/N-ethyl adjacent to an activating group) is 2. The lowest BCUT2D eigenvalue weighted by atomic mass is 10.1. The molecule has 0 amide bonds. The number of rotatable bonds is 13. The molecule has 0 saturated heterocycles. The first kappa shape index (κ1) is 24.1. The molecule has 0 aromatic carbocycles. The molecule has 1 atom stereocenters. The summed E-state index contributed by atoms with van der Waals surface area (Å²) in [6.07, 6.45) is 0.768. The van der Waals surface area contributed by atoms with Crippen LogP contribution in [0.15, 0.2) is 0 Å². The van der Waals surface area contributed by atoms with E-state index < -0.39 is 12.8 Å². The molecule has 1 unspecified atom stereocenters. The Morgan fingerprint density at radius 1 is 0.833 bits per heavy atom. The van der Waals surface area contributed by atoms with Crippen LogP contribution in [0.2, 0.25) is 0 Å². The van der Waals surface area contributed by atoms with Gasteiger partial charge in [-0.2, -0.15) is 0 Å². The molecule has 5 nitrogen and oxygen atoms in total. The van der Waals surface area contributed by atoms with Crippen molar-refractivity contribution in [1.29, 1.82) is 0 Å². The molecule has 0 spiro atoms. The first-order valence-electron chi connectivity index (χ1n) is 9.45. The number of hydrogen-bond acceptors (Lipinski definition) is 3. The molecule has 0 heterocycles. The van der Waals surface area contributed by atoms with Crippen LogP contribution < -0.4 is 0 Å². The summed E-state index contributed by atoms with van der Waals surface area (Å²) < 4.78 is 27.1. The van der Waals surface area contributed by atoms with Crippen LogP contribution in [-0.2, 0) is 13.6 Å². The fourth-order valence-electron chi connectivity index (χ4n) is 2.52. The third kappa shape index (κ3) is 7.13. The topological polar surface area (TPSA) is 35.5 Å². The van der Waals surface area contributed by atoms with Crippen molar-refractivity contribution in [2.45, 2.75) is 53.1 Å². The standard InChI is InChI=1S/C18H43N2O3P/c1-10-18(5,6)24(21,22-16-14-19(7,8)9)23-17-15-20(11-2,12-3)13-4/h10-17H2,1-9H3/q+2. The molecular weight excluding hydrogens is 323 g/mol. The SMILES string of the molecule is CCC(C)(C)P(=O)(OCC[N+](C)(C)C)OCC[N+](CC)(CC)CC. The van der Waals surface area contributed by atoms with Crippen molar-refractivity contribution in [2.24, 2.45) is 0 Å². The number of hydrogen-bond donors (Lipinski definition) is 0. The number of quaternary nitrogens is 2. The summed E-state index contributed by atoms with van der Waals surface area (Å²) in [5.74, 6) is 0. The first-order chi connectivity index (χ1) is 10.9. The first-order valence-corrected chi connectivity index (χ1v) is 11.0. The van der Waals surface area contributed by atoms with Gasteiger partial charge in [-0.05, 0) is 41.0 Å². The average molecular weight is 367 g/mol. The third-order valence-electron chi connectivity index (χ3n) is 5.47. The molecule has 0 aliphatic heterocycles. The van der Waals surface area contributed by atoms with E-state index in [1.807, 2.05) is 20.8 Å². The predicted molar refractivity (Wildman–Crippen MR) is 104 cm³/mol. The minimum Gasteiger partial charge on any atom is -0.329 e. The van der Waals surface area contributed by atoms with Gasteiger partial charge in [0.2, 0.25) is 0 Å². The van der Waals surface area contributed by atoms with Crippen LogP contribution in [0.4, 0.5) is 0 Å². The zero-order valence-electron chi connectivity index (χ0n) is 17.7. The largest absolute Gasteiger partial charge is 0.336 e. The van der Waals surface area contributed by atoms with E-state index in [1.165, 1.54) is 0 Å². The lowest BCUT2D eigenvalue weighted by molar-refractivity contribution is -0.923. The molecule has 0 saturated carbocycles. The summed E-state index contributed by atoms with van der Waals surface area (Å²) in [5.41, 5.74) is 0. The smallest absolute Gasteiger partial charge is 0.329 e. The van der Waals surface area contributed by atoms with Crippen LogP contribution in [0.25, 0.3) is 0 Å². The predicted octanol–water partition coefficient (Wildman–Crippen LogP) is 3.98. The second-order valence-electron chi connectivity index (χ2n) is 8.36. The van der Waals surface area contributed by atoms with E-state index in [0.29, 0.717) is 13.2 Å². The summed E-state index contributed by atoms with van der Waals surface area (Å²) in [6, 6.07) is 0. The van der Waals surface area contributed by atoms with Crippen molar-refractivity contribution in [2.75, 3.05) is 67.1 Å². The van der Waals surface area contributed by atoms with Crippen LogP contribution >= 0.6 is 7.60 Å². The Balaban J connectivity index is 4.94. The molecule has 0 fully saturated rings. The zero-order chi connectivity index (χ0) is 19.1. The van der Waals surface area contributed by atoms with Gasteiger partial charge in [-0.15, -0.1) is 0 Å². The summed E-state index contributed by atoms with van der Waals surface area (Å²) in [7, 11) is 3.17. The maximum absolute atomic E-state index is 13.4. The second kappa shape index (κ2) is 9.68. The second-order valence-corrected chi connectivity index (χ2v) is 11.1. The summed E-state index contributed by atoms with van der Waals surface area (Å²) >= 11 is 0. The highest BCUT2D eigenvalue weighted by Gasteiger charge is 2.43. The molecule has 0 aromatic heterocycles. The van der Waals surface area contributed by atoms with Crippen LogP contribution in [0.1, 0.15) is 48.0 Å². The maximum Gasteiger partial charge on any atom is 0.336 e. The monoisotopic (exact) mass is 366 g/mol. The van der Waals surface area contributed by atoms with Crippen molar-refractivity contribution >= 4 is 7.60 Å². The van der Waals surface area contributed by atoms with Crippen molar-refractivity contribution < 1.29 is 22.6 Å². The molecule has 0 rings (SSSR count). The van der Waals surface area contributed by atoms with Crippen LogP contribution in [0.3, 0.4) is 0 Å². The number of nitrogens with zero attached hydrogens (tertiary/aromatic N) is 2. The Morgan fingerprint density at radius 3 is 1.58 bits per heavy atom. The fraction of sp³-hybridized carbons (Fsp3) is 1.00. The molecule has 0 aliphatic carbocycles. The van der Waals surface area contributed by atoms with E-state index in [0.717, 1.165) is 48.1 Å². The van der Waals surface area contributed by atoms with Gasteiger partial charge in [0.1, 0.15) is 26.3 Å². The van der Waals surface area contributed by atoms with E-state index in [-0.39, 0.29) is 0 Å². The molecule has 0 aromatic rings. The lowest BCUT2D eigenvalue weighted by Gasteiger charge is -2.37. The Bertz CT molecular complexity index is 393. The van der Waals surface area contributed by atoms with Gasteiger partial charge in [-0.3, -0.25) is 4.57 Å². The fourth-order valence-corrected chi connectivity index (χ4v) is 4.32. The van der Waals surface area contributed by atoms with Crippen LogP contribution in [0.5, 0.6) is 0 Å². The van der Waals surface area contributed by atoms with Gasteiger partial charge in [-0.25, -0.2) is 0 Å². The van der Waals surface area contributed by atoms with Gasteiger partial charge in [0.05, 0.1) is 45.9 Å². The Labute approximate surface area is 151 Å². The van der Waals surface area contributed by atoms with E-state index in [2.05, 4.69) is 41.9 Å². The lowest BCUT2D eigenvalue weighted by Crippen LogP contribution is -2.49. The van der Waals surface area contributed by atoms with E-state index in [4.69, 9.17) is 9.05 Å². The zero-order valence-corrected chi connectivity index (χ0v) is 18.6. The molecule has 146 valence electrons. The van der Waals surface area contributed by atoms with E-state index >= 15 is 0 Å². The van der Waals surface area contributed by atoms with Gasteiger partial charge in [0.25, 0.3) is 0 Å². The quantitative estimate of drug-likeness (QED) is 0.365. The highest BCUT2D eigenvalue weighted by Crippen LogP contribution is 2.61. The molecule has 0 aliphatic rings. The third-order valence-corrected chi connectivity index (χ3v) is 8.31. The summed E-state index contributed by atoms with van der Waals surface area (Å²) in [5, 5.41) is -0.460. The highest BCUT2D eigenvalue weighted by atomic mass is 31.2. The minimum atomic E-state index is -3.15. The Morgan fingerprint density at radius 2 is 1.25 bits per heavy atom. The molecule has 24 heavy (non-hydrogen) atoms. The molecule has 0 N–H and O–H groups in total. The minimum absolute atomic E-state index is 0.458. The summed E-state index contributed by atoms with van der Waals surface area (Å²) in [4.78, 5) is 0. The van der Waals surface area contributed by atoms with Crippen molar-refractivity contribution in [3.63, 3.8) is 0 Å². The Kier molecular flexibility index (Phi) is 9.71. The van der Waals surface area contributed by atoms with Gasteiger partial charge in [-0.1, -0.05) is 6.92 Å².